The predicted molar refractivity (Wildman–Crippen MR) is 118 cm³/mol. The van der Waals surface area contributed by atoms with Crippen molar-refractivity contribution in [3.63, 3.8) is 0 Å². The van der Waals surface area contributed by atoms with Crippen LogP contribution in [0.25, 0.3) is 10.9 Å². The Hall–Kier alpha value is -2.24. The third-order valence-electron chi connectivity index (χ3n) is 5.53. The minimum absolute atomic E-state index is 0.0493. The van der Waals surface area contributed by atoms with E-state index in [4.69, 9.17) is 0 Å². The van der Waals surface area contributed by atoms with Crippen molar-refractivity contribution >= 4 is 34.3 Å². The number of anilines is 1. The molecule has 0 aliphatic carbocycles. The number of carbonyl (C=O) groups excluding carboxylic acids is 1. The molecule has 2 heterocycles. The molecule has 1 atom stereocenters. The van der Waals surface area contributed by atoms with Gasteiger partial charge in [0.1, 0.15) is 0 Å². The lowest BCUT2D eigenvalue weighted by molar-refractivity contribution is -0.115. The van der Waals surface area contributed by atoms with Crippen LogP contribution >= 0.6 is 11.8 Å². The van der Waals surface area contributed by atoms with Gasteiger partial charge < -0.3 is 14.8 Å². The molecule has 146 valence electrons. The summed E-state index contributed by atoms with van der Waals surface area (Å²) in [6, 6.07) is 16.6. The van der Waals surface area contributed by atoms with E-state index in [0.29, 0.717) is 0 Å². The second-order valence-corrected chi connectivity index (χ2v) is 8.46. The first-order valence-electron chi connectivity index (χ1n) is 10.0. The van der Waals surface area contributed by atoms with Crippen molar-refractivity contribution in [2.75, 3.05) is 25.0 Å². The number of thioether (sulfide) groups is 1. The molecule has 0 radical (unpaired) electrons. The summed E-state index contributed by atoms with van der Waals surface area (Å²) in [5.74, 6) is 0.0847. The third kappa shape index (κ3) is 3.96. The molecule has 0 spiro atoms. The summed E-state index contributed by atoms with van der Waals surface area (Å²) in [5.41, 5.74) is 3.36. The minimum Gasteiger partial charge on any atom is -0.346 e. The molecule has 0 saturated carbocycles. The smallest absolute Gasteiger partial charge is 0.238 e. The molecule has 1 aliphatic heterocycles. The minimum atomic E-state index is -0.0493. The topological polar surface area (TPSA) is 37.3 Å². The van der Waals surface area contributed by atoms with Crippen LogP contribution in [0.4, 0.5) is 5.69 Å². The van der Waals surface area contributed by atoms with E-state index < -0.39 is 0 Å². The van der Waals surface area contributed by atoms with Crippen LogP contribution in [0.15, 0.2) is 59.6 Å². The third-order valence-corrected chi connectivity index (χ3v) is 6.85. The Kier molecular flexibility index (Phi) is 5.74. The summed E-state index contributed by atoms with van der Waals surface area (Å²) in [6.07, 6.45) is 2.94. The standard InChI is InChI=1S/C23H27N3OS/c1-3-25(4-2)13-14-26-12-11-17-15-19(9-10-20(17)26)24-23(27)22-16-18-7-5-6-8-21(18)28-22/h5-12,15,22H,3-4,13-14,16H2,1-2H3,(H,24,27). The number of nitrogens with zero attached hydrogens (tertiary/aromatic N) is 2. The van der Waals surface area contributed by atoms with Gasteiger partial charge >= 0.3 is 0 Å². The molecule has 5 heteroatoms. The first kappa shape index (κ1) is 19.1. The van der Waals surface area contributed by atoms with Crippen molar-refractivity contribution in [1.82, 2.24) is 9.47 Å². The molecule has 0 bridgehead atoms. The van der Waals surface area contributed by atoms with Crippen molar-refractivity contribution in [3.8, 4) is 0 Å². The van der Waals surface area contributed by atoms with Crippen LogP contribution in [0.1, 0.15) is 19.4 Å². The van der Waals surface area contributed by atoms with E-state index in [9.17, 15) is 4.79 Å². The van der Waals surface area contributed by atoms with Gasteiger partial charge in [-0.05, 0) is 55.4 Å². The number of nitrogens with one attached hydrogen (secondary N) is 1. The first-order valence-corrected chi connectivity index (χ1v) is 10.9. The van der Waals surface area contributed by atoms with Gasteiger partial charge in [0.15, 0.2) is 0 Å². The number of benzene rings is 2. The molecule has 1 unspecified atom stereocenters. The van der Waals surface area contributed by atoms with Gasteiger partial charge in [0.25, 0.3) is 0 Å². The van der Waals surface area contributed by atoms with Crippen LogP contribution in [0.3, 0.4) is 0 Å². The Morgan fingerprint density at radius 3 is 2.79 bits per heavy atom. The van der Waals surface area contributed by atoms with Gasteiger partial charge in [0.05, 0.1) is 5.25 Å². The zero-order valence-electron chi connectivity index (χ0n) is 16.5. The molecule has 1 N–H and O–H groups in total. The molecule has 28 heavy (non-hydrogen) atoms. The van der Waals surface area contributed by atoms with Crippen LogP contribution < -0.4 is 5.32 Å². The monoisotopic (exact) mass is 393 g/mol. The van der Waals surface area contributed by atoms with Crippen molar-refractivity contribution in [1.29, 1.82) is 0 Å². The van der Waals surface area contributed by atoms with Crippen molar-refractivity contribution in [3.05, 3.63) is 60.3 Å². The van der Waals surface area contributed by atoms with Crippen LogP contribution in [-0.4, -0.2) is 40.3 Å². The Balaban J connectivity index is 1.42. The second kappa shape index (κ2) is 8.41. The fraction of sp³-hybridized carbons (Fsp3) is 0.348. The summed E-state index contributed by atoms with van der Waals surface area (Å²) in [4.78, 5) is 16.4. The van der Waals surface area contributed by atoms with Crippen molar-refractivity contribution in [2.24, 2.45) is 0 Å². The lowest BCUT2D eigenvalue weighted by Gasteiger charge is -2.18. The number of rotatable bonds is 7. The molecule has 1 aromatic heterocycles. The van der Waals surface area contributed by atoms with E-state index in [1.807, 2.05) is 18.2 Å². The van der Waals surface area contributed by atoms with Crippen LogP contribution in [0.2, 0.25) is 0 Å². The Labute approximate surface area is 170 Å². The molecule has 4 nitrogen and oxygen atoms in total. The van der Waals surface area contributed by atoms with Gasteiger partial charge in [-0.1, -0.05) is 32.0 Å². The quantitative estimate of drug-likeness (QED) is 0.635. The van der Waals surface area contributed by atoms with E-state index in [1.54, 1.807) is 11.8 Å². The normalized spacial score (nSPS) is 15.9. The molecule has 4 rings (SSSR count). The van der Waals surface area contributed by atoms with E-state index in [-0.39, 0.29) is 11.2 Å². The lowest BCUT2D eigenvalue weighted by Crippen LogP contribution is -2.26. The highest BCUT2D eigenvalue weighted by Crippen LogP contribution is 2.37. The first-order chi connectivity index (χ1) is 13.7. The molecule has 3 aromatic rings. The van der Waals surface area contributed by atoms with Gasteiger partial charge in [-0.3, -0.25) is 4.79 Å². The average molecular weight is 394 g/mol. The lowest BCUT2D eigenvalue weighted by atomic mass is 10.1. The van der Waals surface area contributed by atoms with Crippen molar-refractivity contribution in [2.45, 2.75) is 37.0 Å². The average Bonchev–Trinajstić information content (AvgIpc) is 3.32. The maximum atomic E-state index is 12.7. The van der Waals surface area contributed by atoms with Gasteiger partial charge in [0.2, 0.25) is 5.91 Å². The number of amides is 1. The summed E-state index contributed by atoms with van der Waals surface area (Å²) < 4.78 is 2.29. The van der Waals surface area contributed by atoms with Crippen LogP contribution in [0, 0.1) is 0 Å². The Morgan fingerprint density at radius 2 is 2.00 bits per heavy atom. The van der Waals surface area contributed by atoms with Gasteiger partial charge in [0, 0.05) is 40.8 Å². The van der Waals surface area contributed by atoms with E-state index in [0.717, 1.165) is 38.3 Å². The van der Waals surface area contributed by atoms with Crippen LogP contribution in [-0.2, 0) is 17.8 Å². The number of hydrogen-bond acceptors (Lipinski definition) is 3. The molecule has 1 amide bonds. The zero-order chi connectivity index (χ0) is 19.5. The van der Waals surface area contributed by atoms with Gasteiger partial charge in [-0.15, -0.1) is 11.8 Å². The predicted octanol–water partition coefficient (Wildman–Crippen LogP) is 4.64. The van der Waals surface area contributed by atoms with E-state index in [1.165, 1.54) is 21.4 Å². The second-order valence-electron chi connectivity index (χ2n) is 7.22. The maximum Gasteiger partial charge on any atom is 0.238 e. The highest BCUT2D eigenvalue weighted by molar-refractivity contribution is 8.01. The highest BCUT2D eigenvalue weighted by Gasteiger charge is 2.28. The van der Waals surface area contributed by atoms with E-state index >= 15 is 0 Å². The largest absolute Gasteiger partial charge is 0.346 e. The Bertz CT molecular complexity index is 952. The molecular weight excluding hydrogens is 366 g/mol. The fourth-order valence-corrected chi connectivity index (χ4v) is 5.01. The number of carbonyl (C=O) groups is 1. The fourth-order valence-electron chi connectivity index (χ4n) is 3.81. The molecule has 0 saturated heterocycles. The summed E-state index contributed by atoms with van der Waals surface area (Å²) in [5, 5.41) is 4.23. The number of aromatic nitrogens is 1. The summed E-state index contributed by atoms with van der Waals surface area (Å²) in [6.45, 7) is 8.59. The van der Waals surface area contributed by atoms with Gasteiger partial charge in [-0.2, -0.15) is 0 Å². The molecule has 2 aromatic carbocycles. The summed E-state index contributed by atoms with van der Waals surface area (Å²) in [7, 11) is 0. The van der Waals surface area contributed by atoms with Gasteiger partial charge in [-0.25, -0.2) is 0 Å². The summed E-state index contributed by atoms with van der Waals surface area (Å²) >= 11 is 1.66. The number of fused-ring (bicyclic) bond motifs is 2. The molecular formula is C23H27N3OS. The molecule has 1 aliphatic rings. The number of likely N-dealkylation sites (N-methyl/N-ethyl adjacent to an activating group) is 1. The SMILES string of the molecule is CCN(CC)CCn1ccc2cc(NC(=O)C3Cc4ccccc4S3)ccc21. The number of hydrogen-bond donors (Lipinski definition) is 1. The Morgan fingerprint density at radius 1 is 1.18 bits per heavy atom. The zero-order valence-corrected chi connectivity index (χ0v) is 17.3. The maximum absolute atomic E-state index is 12.7. The molecule has 0 fully saturated rings. The highest BCUT2D eigenvalue weighted by atomic mass is 32.2. The van der Waals surface area contributed by atoms with Crippen molar-refractivity contribution < 1.29 is 4.79 Å². The van der Waals surface area contributed by atoms with Crippen LogP contribution in [0.5, 0.6) is 0 Å². The van der Waals surface area contributed by atoms with E-state index in [2.05, 4.69) is 65.2 Å².